The topological polar surface area (TPSA) is 55.0 Å². The summed E-state index contributed by atoms with van der Waals surface area (Å²) in [5, 5.41) is 0. The molecule has 0 aliphatic carbocycles. The second-order valence-electron chi connectivity index (χ2n) is 1.93. The van der Waals surface area contributed by atoms with Gasteiger partial charge in [-0.2, -0.15) is 0 Å². The molecule has 0 fully saturated rings. The lowest BCUT2D eigenvalue weighted by Gasteiger charge is -2.01. The predicted molar refractivity (Wildman–Crippen MR) is 36.4 cm³/mol. The van der Waals surface area contributed by atoms with E-state index in [1.54, 1.807) is 0 Å². The number of ether oxygens (including phenoxy) is 1. The van der Waals surface area contributed by atoms with Crippen molar-refractivity contribution in [3.05, 3.63) is 22.7 Å². The highest BCUT2D eigenvalue weighted by Crippen LogP contribution is 1.97. The van der Waals surface area contributed by atoms with E-state index < -0.39 is 18.6 Å². The van der Waals surface area contributed by atoms with Crippen LogP contribution in [0.3, 0.4) is 0 Å². The van der Waals surface area contributed by atoms with Gasteiger partial charge in [0.1, 0.15) is 0 Å². The minimum absolute atomic E-state index is 0.335. The molecule has 1 aromatic heterocycles. The number of H-pyrrole nitrogens is 1. The Morgan fingerprint density at radius 3 is 3.00 bits per heavy atom. The lowest BCUT2D eigenvalue weighted by molar-refractivity contribution is 0.0787. The molecule has 6 heteroatoms. The van der Waals surface area contributed by atoms with Gasteiger partial charge < -0.3 is 9.72 Å². The Labute approximate surface area is 66.2 Å². The van der Waals surface area contributed by atoms with Crippen LogP contribution in [0.5, 0.6) is 5.88 Å². The molecule has 0 aliphatic heterocycles. The number of halogens is 2. The van der Waals surface area contributed by atoms with Crippen LogP contribution in [-0.4, -0.2) is 23.0 Å². The van der Waals surface area contributed by atoms with Crippen molar-refractivity contribution in [2.45, 2.75) is 6.43 Å². The van der Waals surface area contributed by atoms with E-state index in [9.17, 15) is 13.6 Å². The summed E-state index contributed by atoms with van der Waals surface area (Å²) in [5.41, 5.74) is -0.613. The monoisotopic (exact) mass is 176 g/mol. The Hall–Kier alpha value is -1.46. The molecule has 0 saturated carbocycles. The van der Waals surface area contributed by atoms with Crippen molar-refractivity contribution >= 4 is 0 Å². The zero-order valence-corrected chi connectivity index (χ0v) is 5.96. The van der Waals surface area contributed by atoms with Crippen molar-refractivity contribution in [1.29, 1.82) is 0 Å². The highest BCUT2D eigenvalue weighted by molar-refractivity contribution is 5.01. The van der Waals surface area contributed by atoms with Gasteiger partial charge in [-0.1, -0.05) is 0 Å². The van der Waals surface area contributed by atoms with Crippen LogP contribution in [0, 0.1) is 0 Å². The molecule has 0 aromatic carbocycles. The highest BCUT2D eigenvalue weighted by Gasteiger charge is 2.06. The first-order valence-electron chi connectivity index (χ1n) is 3.15. The summed E-state index contributed by atoms with van der Waals surface area (Å²) in [4.78, 5) is 16.4. The van der Waals surface area contributed by atoms with Crippen molar-refractivity contribution in [1.82, 2.24) is 9.97 Å². The molecule has 66 valence electrons. The maximum atomic E-state index is 11.6. The molecule has 0 bridgehead atoms. The molecule has 0 spiro atoms. The van der Waals surface area contributed by atoms with Crippen LogP contribution in [0.25, 0.3) is 0 Å². The Morgan fingerprint density at radius 1 is 1.67 bits per heavy atom. The van der Waals surface area contributed by atoms with Crippen LogP contribution < -0.4 is 10.3 Å². The molecule has 1 rings (SSSR count). The first kappa shape index (κ1) is 8.63. The molecule has 0 atom stereocenters. The number of rotatable bonds is 3. The van der Waals surface area contributed by atoms with Gasteiger partial charge in [-0.15, -0.1) is 0 Å². The van der Waals surface area contributed by atoms with E-state index in [0.717, 1.165) is 0 Å². The van der Waals surface area contributed by atoms with Gasteiger partial charge in [-0.25, -0.2) is 13.8 Å². The SMILES string of the molecule is O=c1[nH]ccnc1OCC(F)F. The zero-order chi connectivity index (χ0) is 8.97. The van der Waals surface area contributed by atoms with Gasteiger partial charge in [0, 0.05) is 12.4 Å². The molecular weight excluding hydrogens is 170 g/mol. The van der Waals surface area contributed by atoms with Gasteiger partial charge >= 0.3 is 5.56 Å². The predicted octanol–water partition coefficient (Wildman–Crippen LogP) is 0.414. The standard InChI is InChI=1S/C6H6F2N2O2/c7-4(8)3-12-6-5(11)9-1-2-10-6/h1-2,4H,3H2,(H,9,11). The summed E-state index contributed by atoms with van der Waals surface area (Å²) in [5.74, 6) is -0.335. The number of hydrogen-bond acceptors (Lipinski definition) is 3. The second kappa shape index (κ2) is 3.80. The number of aromatic nitrogens is 2. The second-order valence-corrected chi connectivity index (χ2v) is 1.93. The fraction of sp³-hybridized carbons (Fsp3) is 0.333. The molecule has 4 nitrogen and oxygen atoms in total. The number of hydrogen-bond donors (Lipinski definition) is 1. The molecule has 0 unspecified atom stereocenters. The molecule has 12 heavy (non-hydrogen) atoms. The van der Waals surface area contributed by atoms with E-state index in [1.165, 1.54) is 12.4 Å². The molecular formula is C6H6F2N2O2. The van der Waals surface area contributed by atoms with E-state index in [1.807, 2.05) is 0 Å². The summed E-state index contributed by atoms with van der Waals surface area (Å²) in [6, 6.07) is 0. The maximum absolute atomic E-state index is 11.6. The van der Waals surface area contributed by atoms with Crippen LogP contribution in [0.4, 0.5) is 8.78 Å². The minimum Gasteiger partial charge on any atom is -0.468 e. The van der Waals surface area contributed by atoms with E-state index >= 15 is 0 Å². The van der Waals surface area contributed by atoms with Crippen molar-refractivity contribution in [2.24, 2.45) is 0 Å². The van der Waals surface area contributed by atoms with Crippen LogP contribution in [0.1, 0.15) is 0 Å². The van der Waals surface area contributed by atoms with Crippen LogP contribution in [-0.2, 0) is 0 Å². The van der Waals surface area contributed by atoms with Crippen LogP contribution in [0.15, 0.2) is 17.2 Å². The van der Waals surface area contributed by atoms with Crippen molar-refractivity contribution in [2.75, 3.05) is 6.61 Å². The molecule has 1 heterocycles. The fourth-order valence-corrected chi connectivity index (χ4v) is 0.583. The van der Waals surface area contributed by atoms with Gasteiger partial charge in [0.05, 0.1) is 0 Å². The van der Waals surface area contributed by atoms with Crippen LogP contribution >= 0.6 is 0 Å². The minimum atomic E-state index is -2.61. The Balaban J connectivity index is 2.64. The largest absolute Gasteiger partial charge is 0.468 e. The Morgan fingerprint density at radius 2 is 2.42 bits per heavy atom. The zero-order valence-electron chi connectivity index (χ0n) is 5.96. The summed E-state index contributed by atoms with van der Waals surface area (Å²) < 4.78 is 27.6. The average molecular weight is 176 g/mol. The summed E-state index contributed by atoms with van der Waals surface area (Å²) in [6.45, 7) is -0.819. The van der Waals surface area contributed by atoms with Crippen molar-refractivity contribution < 1.29 is 13.5 Å². The molecule has 0 aliphatic rings. The van der Waals surface area contributed by atoms with E-state index in [2.05, 4.69) is 14.7 Å². The van der Waals surface area contributed by atoms with Crippen molar-refractivity contribution in [3.63, 3.8) is 0 Å². The summed E-state index contributed by atoms with van der Waals surface area (Å²) in [7, 11) is 0. The fourth-order valence-electron chi connectivity index (χ4n) is 0.583. The smallest absolute Gasteiger partial charge is 0.310 e. The number of aromatic amines is 1. The van der Waals surface area contributed by atoms with Gasteiger partial charge in [0.2, 0.25) is 0 Å². The lowest BCUT2D eigenvalue weighted by atomic mass is 10.7. The van der Waals surface area contributed by atoms with Crippen molar-refractivity contribution in [3.8, 4) is 5.88 Å². The highest BCUT2D eigenvalue weighted by atomic mass is 19.3. The summed E-state index contributed by atoms with van der Waals surface area (Å²) in [6.07, 6.45) is -0.0637. The molecule has 0 saturated heterocycles. The molecule has 1 aromatic rings. The normalized spacial score (nSPS) is 10.2. The molecule has 0 amide bonds. The average Bonchev–Trinajstić information content (AvgIpc) is 2.03. The first-order valence-corrected chi connectivity index (χ1v) is 3.15. The number of nitrogens with zero attached hydrogens (tertiary/aromatic N) is 1. The third-order valence-electron chi connectivity index (χ3n) is 1.02. The third-order valence-corrected chi connectivity index (χ3v) is 1.02. The van der Waals surface area contributed by atoms with Gasteiger partial charge in [0.25, 0.3) is 12.3 Å². The van der Waals surface area contributed by atoms with Crippen LogP contribution in [0.2, 0.25) is 0 Å². The van der Waals surface area contributed by atoms with Gasteiger partial charge in [0.15, 0.2) is 6.61 Å². The number of alkyl halides is 2. The van der Waals surface area contributed by atoms with Gasteiger partial charge in [-0.05, 0) is 0 Å². The lowest BCUT2D eigenvalue weighted by Crippen LogP contribution is -2.16. The first-order chi connectivity index (χ1) is 5.70. The van der Waals surface area contributed by atoms with Gasteiger partial charge in [-0.3, -0.25) is 4.79 Å². The number of nitrogens with one attached hydrogen (secondary N) is 1. The quantitative estimate of drug-likeness (QED) is 0.725. The van der Waals surface area contributed by atoms with E-state index in [0.29, 0.717) is 0 Å². The van der Waals surface area contributed by atoms with E-state index in [-0.39, 0.29) is 5.88 Å². The molecule has 1 N–H and O–H groups in total. The third kappa shape index (κ3) is 2.30. The van der Waals surface area contributed by atoms with E-state index in [4.69, 9.17) is 0 Å². The maximum Gasteiger partial charge on any atom is 0.310 e. The Kier molecular flexibility index (Phi) is 2.73. The Bertz CT molecular complexity index is 300. The molecule has 0 radical (unpaired) electrons. The summed E-state index contributed by atoms with van der Waals surface area (Å²) >= 11 is 0.